The number of hydrogen-bond donors (Lipinski definition) is 0. The van der Waals surface area contributed by atoms with Gasteiger partial charge in [-0.15, -0.1) is 0 Å². The molecule has 0 aromatic heterocycles. The Labute approximate surface area is 54.9 Å². The van der Waals surface area contributed by atoms with E-state index in [4.69, 9.17) is 5.26 Å². The lowest BCUT2D eigenvalue weighted by molar-refractivity contribution is -0.153. The van der Waals surface area contributed by atoms with Crippen LogP contribution < -0.4 is 0 Å². The summed E-state index contributed by atoms with van der Waals surface area (Å²) in [6.45, 7) is 3.28. The smallest absolute Gasteiger partial charge is 0.192 e. The van der Waals surface area contributed by atoms with Crippen LogP contribution in [-0.4, -0.2) is 12.4 Å². The van der Waals surface area contributed by atoms with Gasteiger partial charge in [0.2, 0.25) is 0 Å². The Hall–Kier alpha value is -0.590. The highest BCUT2D eigenvalue weighted by Crippen LogP contribution is 1.97. The zero-order valence-electron chi connectivity index (χ0n) is 5.63. The topological polar surface area (TPSA) is 52.9 Å². The molecule has 0 spiro atoms. The Kier molecular flexibility index (Phi) is 4.02. The van der Waals surface area contributed by atoms with E-state index >= 15 is 0 Å². The molecule has 0 aliphatic rings. The molecule has 51 valence electrons. The van der Waals surface area contributed by atoms with E-state index in [0.29, 0.717) is 6.42 Å². The van der Waals surface area contributed by atoms with E-state index < -0.39 is 12.4 Å². The zero-order chi connectivity index (χ0) is 7.28. The molecule has 0 bridgehead atoms. The van der Waals surface area contributed by atoms with Gasteiger partial charge in [-0.25, -0.2) is 5.11 Å². The first-order valence-corrected chi connectivity index (χ1v) is 2.91. The van der Waals surface area contributed by atoms with Gasteiger partial charge in [-0.2, -0.15) is 5.26 Å². The molecule has 0 aliphatic heterocycles. The SMILES string of the molecule is CCC([O])OC(C)C#N. The van der Waals surface area contributed by atoms with Gasteiger partial charge in [-0.05, 0) is 13.3 Å². The summed E-state index contributed by atoms with van der Waals surface area (Å²) in [5, 5.41) is 18.7. The number of hydrogen-bond acceptors (Lipinski definition) is 2. The number of nitriles is 1. The van der Waals surface area contributed by atoms with Crippen molar-refractivity contribution in [3.05, 3.63) is 0 Å². The highest BCUT2D eigenvalue weighted by molar-refractivity contribution is 4.79. The van der Waals surface area contributed by atoms with Crippen LogP contribution >= 0.6 is 0 Å². The molecule has 3 nitrogen and oxygen atoms in total. The molecule has 0 saturated heterocycles. The van der Waals surface area contributed by atoms with Gasteiger partial charge in [0.05, 0.1) is 6.07 Å². The van der Waals surface area contributed by atoms with Crippen molar-refractivity contribution in [3.8, 4) is 6.07 Å². The summed E-state index contributed by atoms with van der Waals surface area (Å²) in [4.78, 5) is 0. The Morgan fingerprint density at radius 2 is 2.33 bits per heavy atom. The van der Waals surface area contributed by atoms with Crippen molar-refractivity contribution in [2.75, 3.05) is 0 Å². The summed E-state index contributed by atoms with van der Waals surface area (Å²) in [7, 11) is 0. The fraction of sp³-hybridized carbons (Fsp3) is 0.833. The van der Waals surface area contributed by atoms with E-state index in [1.54, 1.807) is 13.8 Å². The third-order valence-corrected chi connectivity index (χ3v) is 0.871. The first kappa shape index (κ1) is 8.41. The molecule has 9 heavy (non-hydrogen) atoms. The van der Waals surface area contributed by atoms with Crippen LogP contribution in [0.2, 0.25) is 0 Å². The summed E-state index contributed by atoms with van der Waals surface area (Å²) in [5.74, 6) is 0. The second-order valence-electron chi connectivity index (χ2n) is 1.75. The summed E-state index contributed by atoms with van der Waals surface area (Å²) in [6.07, 6.45) is -1.21. The van der Waals surface area contributed by atoms with Crippen LogP contribution in [0, 0.1) is 11.3 Å². The van der Waals surface area contributed by atoms with Gasteiger partial charge in [-0.1, -0.05) is 6.92 Å². The van der Waals surface area contributed by atoms with Gasteiger partial charge >= 0.3 is 0 Å². The average Bonchev–Trinajstić information content (AvgIpc) is 1.87. The number of nitrogens with zero attached hydrogens (tertiary/aromatic N) is 1. The van der Waals surface area contributed by atoms with Crippen LogP contribution in [0.1, 0.15) is 20.3 Å². The van der Waals surface area contributed by atoms with Crippen molar-refractivity contribution in [2.45, 2.75) is 32.7 Å². The fourth-order valence-electron chi connectivity index (χ4n) is 0.354. The molecule has 0 N–H and O–H groups in total. The van der Waals surface area contributed by atoms with Crippen molar-refractivity contribution < 1.29 is 9.84 Å². The van der Waals surface area contributed by atoms with Gasteiger partial charge < -0.3 is 4.74 Å². The highest BCUT2D eigenvalue weighted by Gasteiger charge is 2.06. The number of ether oxygens (including phenoxy) is 1. The summed E-state index contributed by atoms with van der Waals surface area (Å²) in [6, 6.07) is 1.81. The predicted octanol–water partition coefficient (Wildman–Crippen LogP) is 1.08. The van der Waals surface area contributed by atoms with Gasteiger partial charge in [0.1, 0.15) is 6.10 Å². The van der Waals surface area contributed by atoms with E-state index in [1.165, 1.54) is 0 Å². The standard InChI is InChI=1S/C6H10NO2/c1-3-6(8)9-5(2)4-7/h5-6H,3H2,1-2H3. The van der Waals surface area contributed by atoms with E-state index in [9.17, 15) is 5.11 Å². The first-order valence-electron chi connectivity index (χ1n) is 2.91. The Morgan fingerprint density at radius 1 is 1.78 bits per heavy atom. The molecule has 0 heterocycles. The quantitative estimate of drug-likeness (QED) is 0.534. The molecule has 0 aromatic carbocycles. The van der Waals surface area contributed by atoms with E-state index in [-0.39, 0.29) is 0 Å². The zero-order valence-corrected chi connectivity index (χ0v) is 5.63. The number of rotatable bonds is 3. The van der Waals surface area contributed by atoms with Gasteiger partial charge in [0, 0.05) is 0 Å². The van der Waals surface area contributed by atoms with Gasteiger partial charge in [0.15, 0.2) is 6.29 Å². The minimum atomic E-state index is -1.04. The van der Waals surface area contributed by atoms with Gasteiger partial charge in [-0.3, -0.25) is 0 Å². The molecule has 2 atom stereocenters. The fourth-order valence-corrected chi connectivity index (χ4v) is 0.354. The largest absolute Gasteiger partial charge is 0.332 e. The lowest BCUT2D eigenvalue weighted by Crippen LogP contribution is -2.15. The van der Waals surface area contributed by atoms with Crippen molar-refractivity contribution in [2.24, 2.45) is 0 Å². The molecule has 0 rings (SSSR count). The monoisotopic (exact) mass is 128 g/mol. The lowest BCUT2D eigenvalue weighted by Gasteiger charge is -2.07. The third-order valence-electron chi connectivity index (χ3n) is 0.871. The summed E-state index contributed by atoms with van der Waals surface area (Å²) < 4.78 is 4.63. The van der Waals surface area contributed by atoms with Crippen LogP contribution in [0.15, 0.2) is 0 Å². The molecular formula is C6H10NO2. The molecule has 0 aliphatic carbocycles. The molecular weight excluding hydrogens is 118 g/mol. The molecule has 2 unspecified atom stereocenters. The van der Waals surface area contributed by atoms with E-state index in [0.717, 1.165) is 0 Å². The van der Waals surface area contributed by atoms with Crippen LogP contribution in [0.5, 0.6) is 0 Å². The molecule has 0 saturated carbocycles. The highest BCUT2D eigenvalue weighted by atomic mass is 16.6. The minimum absolute atomic E-state index is 0.409. The van der Waals surface area contributed by atoms with Crippen LogP contribution in [-0.2, 0) is 9.84 Å². The van der Waals surface area contributed by atoms with Crippen molar-refractivity contribution >= 4 is 0 Å². The second kappa shape index (κ2) is 4.30. The van der Waals surface area contributed by atoms with Crippen molar-refractivity contribution in [1.29, 1.82) is 5.26 Å². The summed E-state index contributed by atoms with van der Waals surface area (Å²) >= 11 is 0. The van der Waals surface area contributed by atoms with Crippen molar-refractivity contribution in [3.63, 3.8) is 0 Å². The maximum absolute atomic E-state index is 10.5. The molecule has 0 fully saturated rings. The molecule has 0 aromatic rings. The van der Waals surface area contributed by atoms with Crippen LogP contribution in [0.25, 0.3) is 0 Å². The average molecular weight is 128 g/mol. The van der Waals surface area contributed by atoms with Crippen LogP contribution in [0.3, 0.4) is 0 Å². The van der Waals surface area contributed by atoms with Gasteiger partial charge in [0.25, 0.3) is 0 Å². The van der Waals surface area contributed by atoms with Crippen molar-refractivity contribution in [1.82, 2.24) is 0 Å². The minimum Gasteiger partial charge on any atom is -0.332 e. The second-order valence-corrected chi connectivity index (χ2v) is 1.75. The Balaban J connectivity index is 3.37. The third kappa shape index (κ3) is 3.95. The first-order chi connectivity index (χ1) is 4.20. The Morgan fingerprint density at radius 3 is 2.67 bits per heavy atom. The molecule has 0 amide bonds. The van der Waals surface area contributed by atoms with E-state index in [1.807, 2.05) is 6.07 Å². The van der Waals surface area contributed by atoms with Crippen LogP contribution in [0.4, 0.5) is 0 Å². The predicted molar refractivity (Wildman–Crippen MR) is 30.9 cm³/mol. The Bertz CT molecular complexity index is 108. The summed E-state index contributed by atoms with van der Waals surface area (Å²) in [5.41, 5.74) is 0. The lowest BCUT2D eigenvalue weighted by atomic mass is 10.4. The maximum atomic E-state index is 10.5. The maximum Gasteiger partial charge on any atom is 0.192 e. The molecule has 3 heteroatoms. The normalized spacial score (nSPS) is 16.2. The molecule has 1 radical (unpaired) electrons. The van der Waals surface area contributed by atoms with E-state index in [2.05, 4.69) is 4.74 Å².